The van der Waals surface area contributed by atoms with Gasteiger partial charge in [-0.15, -0.1) is 10.2 Å². The van der Waals surface area contributed by atoms with Crippen LogP contribution in [-0.2, 0) is 0 Å². The van der Waals surface area contributed by atoms with Crippen molar-refractivity contribution in [1.29, 1.82) is 0 Å². The first-order valence-corrected chi connectivity index (χ1v) is 8.49. The van der Waals surface area contributed by atoms with Crippen molar-refractivity contribution in [3.05, 3.63) is 47.7 Å². The van der Waals surface area contributed by atoms with Crippen molar-refractivity contribution in [2.24, 2.45) is 0 Å². The number of benzene rings is 1. The fourth-order valence-electron chi connectivity index (χ4n) is 2.58. The van der Waals surface area contributed by atoms with E-state index in [-0.39, 0.29) is 17.8 Å². The van der Waals surface area contributed by atoms with Crippen molar-refractivity contribution in [2.75, 3.05) is 0 Å². The topological polar surface area (TPSA) is 85.8 Å². The average Bonchev–Trinajstić information content (AvgIpc) is 3.26. The van der Waals surface area contributed by atoms with Crippen molar-refractivity contribution in [2.45, 2.75) is 39.7 Å². The maximum absolute atomic E-state index is 14.0. The number of rotatable bonds is 6. The molecule has 2 heterocycles. The van der Waals surface area contributed by atoms with Gasteiger partial charge in [-0.25, -0.2) is 9.07 Å². The van der Waals surface area contributed by atoms with Gasteiger partial charge in [0.25, 0.3) is 5.89 Å². The molecule has 0 saturated heterocycles. The van der Waals surface area contributed by atoms with Crippen LogP contribution in [0.4, 0.5) is 4.39 Å². The molecule has 0 radical (unpaired) electrons. The highest BCUT2D eigenvalue weighted by Gasteiger charge is 2.21. The van der Waals surface area contributed by atoms with E-state index in [2.05, 4.69) is 20.6 Å². The zero-order valence-corrected chi connectivity index (χ0v) is 14.9. The number of para-hydroxylation sites is 1. The van der Waals surface area contributed by atoms with E-state index in [9.17, 15) is 9.18 Å². The van der Waals surface area contributed by atoms with Crippen LogP contribution >= 0.6 is 0 Å². The molecule has 2 aromatic heterocycles. The van der Waals surface area contributed by atoms with E-state index in [4.69, 9.17) is 4.42 Å². The van der Waals surface area contributed by atoms with Crippen LogP contribution < -0.4 is 5.32 Å². The van der Waals surface area contributed by atoms with E-state index in [1.807, 2.05) is 13.8 Å². The SMILES string of the molecule is CCC(CC)NC(=O)c1nnc(-c2nn(-c3ccccc3F)cc2C)o1. The third-order valence-corrected chi connectivity index (χ3v) is 4.14. The Labute approximate surface area is 150 Å². The number of halogens is 1. The van der Waals surface area contributed by atoms with Crippen LogP contribution in [0.1, 0.15) is 42.9 Å². The zero-order chi connectivity index (χ0) is 18.7. The second kappa shape index (κ2) is 7.47. The molecular formula is C18H20FN5O2. The van der Waals surface area contributed by atoms with Gasteiger partial charge in [0.2, 0.25) is 0 Å². The highest BCUT2D eigenvalue weighted by atomic mass is 19.1. The van der Waals surface area contributed by atoms with Crippen molar-refractivity contribution < 1.29 is 13.6 Å². The van der Waals surface area contributed by atoms with E-state index in [1.54, 1.807) is 31.3 Å². The third kappa shape index (κ3) is 3.49. The summed E-state index contributed by atoms with van der Waals surface area (Å²) in [5.41, 5.74) is 1.44. The minimum atomic E-state index is -0.413. The van der Waals surface area contributed by atoms with Gasteiger partial charge in [-0.1, -0.05) is 26.0 Å². The summed E-state index contributed by atoms with van der Waals surface area (Å²) in [7, 11) is 0. The predicted octanol–water partition coefficient (Wildman–Crippen LogP) is 3.29. The largest absolute Gasteiger partial charge is 0.411 e. The number of carbonyl (C=O) groups is 1. The molecule has 136 valence electrons. The summed E-state index contributed by atoms with van der Waals surface area (Å²) in [5, 5.41) is 14.9. The summed E-state index contributed by atoms with van der Waals surface area (Å²) in [5.74, 6) is -0.806. The number of hydrogen-bond acceptors (Lipinski definition) is 5. The van der Waals surface area contributed by atoms with Gasteiger partial charge < -0.3 is 9.73 Å². The summed E-state index contributed by atoms with van der Waals surface area (Å²) in [6, 6.07) is 6.37. The van der Waals surface area contributed by atoms with Crippen molar-refractivity contribution in [3.63, 3.8) is 0 Å². The van der Waals surface area contributed by atoms with Gasteiger partial charge in [0.1, 0.15) is 11.5 Å². The van der Waals surface area contributed by atoms with E-state index >= 15 is 0 Å². The molecule has 8 heteroatoms. The van der Waals surface area contributed by atoms with Gasteiger partial charge in [0, 0.05) is 17.8 Å². The number of nitrogens with zero attached hydrogens (tertiary/aromatic N) is 4. The lowest BCUT2D eigenvalue weighted by Crippen LogP contribution is -2.34. The second-order valence-corrected chi connectivity index (χ2v) is 5.96. The molecule has 1 N–H and O–H groups in total. The van der Waals surface area contributed by atoms with Crippen LogP contribution in [0.3, 0.4) is 0 Å². The van der Waals surface area contributed by atoms with Gasteiger partial charge in [-0.2, -0.15) is 5.10 Å². The molecule has 0 bridgehead atoms. The van der Waals surface area contributed by atoms with Gasteiger partial charge in [-0.3, -0.25) is 4.79 Å². The third-order valence-electron chi connectivity index (χ3n) is 4.14. The van der Waals surface area contributed by atoms with Crippen molar-refractivity contribution in [1.82, 2.24) is 25.3 Å². The smallest absolute Gasteiger partial charge is 0.309 e. The highest BCUT2D eigenvalue weighted by Crippen LogP contribution is 2.23. The molecule has 1 aromatic carbocycles. The van der Waals surface area contributed by atoms with Gasteiger partial charge in [0.15, 0.2) is 5.69 Å². The minimum Gasteiger partial charge on any atom is -0.411 e. The predicted molar refractivity (Wildman–Crippen MR) is 93.4 cm³/mol. The average molecular weight is 357 g/mol. The summed E-state index contributed by atoms with van der Waals surface area (Å²) < 4.78 is 20.8. The molecule has 0 spiro atoms. The van der Waals surface area contributed by atoms with Crippen LogP contribution in [0, 0.1) is 12.7 Å². The molecule has 0 fully saturated rings. The standard InChI is InChI=1S/C18H20FN5O2/c1-4-12(5-2)20-16(25)18-22-21-17(26-18)15-11(3)10-24(23-15)14-9-7-6-8-13(14)19/h6-10,12H,4-5H2,1-3H3,(H,20,25). The Bertz CT molecular complexity index is 914. The molecular weight excluding hydrogens is 337 g/mol. The van der Waals surface area contributed by atoms with Crippen LogP contribution in [0.15, 0.2) is 34.9 Å². The number of hydrogen-bond donors (Lipinski definition) is 1. The van der Waals surface area contributed by atoms with Crippen molar-refractivity contribution in [3.8, 4) is 17.3 Å². The molecule has 0 unspecified atom stereocenters. The van der Waals surface area contributed by atoms with Crippen molar-refractivity contribution >= 4 is 5.91 Å². The molecule has 7 nitrogen and oxygen atoms in total. The Balaban J connectivity index is 1.86. The molecule has 0 saturated carbocycles. The number of aromatic nitrogens is 4. The molecule has 3 aromatic rings. The fraction of sp³-hybridized carbons (Fsp3) is 0.333. The Kier molecular flexibility index (Phi) is 5.11. The number of aryl methyl sites for hydroxylation is 1. The quantitative estimate of drug-likeness (QED) is 0.732. The first-order valence-electron chi connectivity index (χ1n) is 8.49. The lowest BCUT2D eigenvalue weighted by Gasteiger charge is -2.12. The van der Waals surface area contributed by atoms with Crippen LogP contribution in [0.25, 0.3) is 17.3 Å². The maximum Gasteiger partial charge on any atom is 0.309 e. The first kappa shape index (κ1) is 17.8. The summed E-state index contributed by atoms with van der Waals surface area (Å²) in [6.07, 6.45) is 3.30. The Hall–Kier alpha value is -3.03. The van der Waals surface area contributed by atoms with Crippen LogP contribution in [-0.4, -0.2) is 31.9 Å². The lowest BCUT2D eigenvalue weighted by atomic mass is 10.2. The number of carbonyl (C=O) groups excluding carboxylic acids is 1. The Morgan fingerprint density at radius 1 is 1.27 bits per heavy atom. The maximum atomic E-state index is 14.0. The first-order chi connectivity index (χ1) is 12.5. The molecule has 0 aliphatic rings. The lowest BCUT2D eigenvalue weighted by molar-refractivity contribution is 0.0900. The second-order valence-electron chi connectivity index (χ2n) is 5.96. The van der Waals surface area contributed by atoms with Crippen LogP contribution in [0.2, 0.25) is 0 Å². The summed E-state index contributed by atoms with van der Waals surface area (Å²) in [4.78, 5) is 12.2. The highest BCUT2D eigenvalue weighted by molar-refractivity contribution is 5.89. The number of nitrogens with one attached hydrogen (secondary N) is 1. The molecule has 1 amide bonds. The summed E-state index contributed by atoms with van der Waals surface area (Å²) >= 11 is 0. The molecule has 0 aliphatic carbocycles. The normalized spacial score (nSPS) is 11.1. The Morgan fingerprint density at radius 2 is 2.00 bits per heavy atom. The minimum absolute atomic E-state index is 0.0554. The van der Waals surface area contributed by atoms with E-state index in [1.165, 1.54) is 10.7 Å². The molecule has 26 heavy (non-hydrogen) atoms. The van der Waals surface area contributed by atoms with Gasteiger partial charge >= 0.3 is 11.8 Å². The zero-order valence-electron chi connectivity index (χ0n) is 14.9. The Morgan fingerprint density at radius 3 is 2.69 bits per heavy atom. The molecule has 0 atom stereocenters. The molecule has 0 aliphatic heterocycles. The monoisotopic (exact) mass is 357 g/mol. The van der Waals surface area contributed by atoms with Gasteiger partial charge in [-0.05, 0) is 31.9 Å². The van der Waals surface area contributed by atoms with E-state index < -0.39 is 11.7 Å². The summed E-state index contributed by atoms with van der Waals surface area (Å²) in [6.45, 7) is 5.78. The fourth-order valence-corrected chi connectivity index (χ4v) is 2.58. The van der Waals surface area contributed by atoms with Gasteiger partial charge in [0.05, 0.1) is 0 Å². The van der Waals surface area contributed by atoms with E-state index in [0.29, 0.717) is 11.4 Å². The van der Waals surface area contributed by atoms with Crippen LogP contribution in [0.5, 0.6) is 0 Å². The molecule has 3 rings (SSSR count). The number of amides is 1. The van der Waals surface area contributed by atoms with E-state index in [0.717, 1.165) is 18.4 Å².